The maximum Gasteiger partial charge on any atom is 0.318 e. The van der Waals surface area contributed by atoms with Gasteiger partial charge in [-0.2, -0.15) is 0 Å². The van der Waals surface area contributed by atoms with Gasteiger partial charge < -0.3 is 20.9 Å². The summed E-state index contributed by atoms with van der Waals surface area (Å²) in [5, 5.41) is 9.67. The highest BCUT2D eigenvalue weighted by Gasteiger charge is 2.26. The molecule has 1 aromatic carbocycles. The number of para-hydroxylation sites is 1. The second-order valence-electron chi connectivity index (χ2n) is 6.76. The zero-order valence-corrected chi connectivity index (χ0v) is 15.0. The van der Waals surface area contributed by atoms with Gasteiger partial charge in [0.15, 0.2) is 0 Å². The predicted molar refractivity (Wildman–Crippen MR) is 104 cm³/mol. The van der Waals surface area contributed by atoms with Gasteiger partial charge in [-0.1, -0.05) is 18.2 Å². The number of carbonyl (C=O) groups is 1. The molecule has 27 heavy (non-hydrogen) atoms. The summed E-state index contributed by atoms with van der Waals surface area (Å²) in [7, 11) is 0. The maximum absolute atomic E-state index is 12.3. The lowest BCUT2D eigenvalue weighted by Crippen LogP contribution is -2.36. The summed E-state index contributed by atoms with van der Waals surface area (Å²) in [5.41, 5.74) is 4.30. The maximum atomic E-state index is 12.3. The number of carbonyl (C=O) groups excluding carboxylic acids is 1. The van der Waals surface area contributed by atoms with Crippen LogP contribution in [0.4, 0.5) is 16.4 Å². The molecular weight excluding hydrogens is 340 g/mol. The zero-order chi connectivity index (χ0) is 18.6. The van der Waals surface area contributed by atoms with Gasteiger partial charge in [0.25, 0.3) is 0 Å². The summed E-state index contributed by atoms with van der Waals surface area (Å²) in [6.07, 6.45) is 9.42. The molecule has 0 saturated heterocycles. The molecule has 0 bridgehead atoms. The molecule has 0 spiro atoms. The van der Waals surface area contributed by atoms with Crippen molar-refractivity contribution in [3.8, 4) is 12.3 Å². The molecule has 138 valence electrons. The second-order valence-corrected chi connectivity index (χ2v) is 6.76. The molecule has 7 heteroatoms. The van der Waals surface area contributed by atoms with Crippen LogP contribution in [0.5, 0.6) is 0 Å². The van der Waals surface area contributed by atoms with Crippen molar-refractivity contribution >= 4 is 17.7 Å². The quantitative estimate of drug-likeness (QED) is 0.562. The molecular formula is C20H22N6O. The molecule has 0 aliphatic carbocycles. The molecule has 3 heterocycles. The lowest BCUT2D eigenvalue weighted by Gasteiger charge is -2.15. The fourth-order valence-electron chi connectivity index (χ4n) is 3.40. The first-order valence-corrected chi connectivity index (χ1v) is 9.15. The molecule has 3 N–H and O–H groups in total. The number of terminal acetylenes is 1. The fraction of sp³-hybridized carbons (Fsp3) is 0.350. The van der Waals surface area contributed by atoms with E-state index in [-0.39, 0.29) is 12.2 Å². The zero-order valence-electron chi connectivity index (χ0n) is 15.0. The molecule has 0 saturated carbocycles. The number of nitrogens with one attached hydrogen (secondary N) is 3. The third-order valence-corrected chi connectivity index (χ3v) is 4.79. The summed E-state index contributed by atoms with van der Waals surface area (Å²) in [6.45, 7) is 1.61. The van der Waals surface area contributed by atoms with Crippen LogP contribution in [0.2, 0.25) is 0 Å². The Labute approximate surface area is 158 Å². The summed E-state index contributed by atoms with van der Waals surface area (Å²) in [6, 6.07) is 8.16. The van der Waals surface area contributed by atoms with E-state index >= 15 is 0 Å². The number of amides is 2. The molecule has 1 aromatic heterocycles. The number of fused-ring (bicyclic) bond motifs is 2. The van der Waals surface area contributed by atoms with Crippen molar-refractivity contribution in [1.29, 1.82) is 0 Å². The highest BCUT2D eigenvalue weighted by molar-refractivity contribution is 5.74. The summed E-state index contributed by atoms with van der Waals surface area (Å²) in [4.78, 5) is 23.0. The van der Waals surface area contributed by atoms with Gasteiger partial charge >= 0.3 is 6.03 Å². The van der Waals surface area contributed by atoms with Crippen LogP contribution in [-0.4, -0.2) is 33.6 Å². The van der Waals surface area contributed by atoms with Crippen molar-refractivity contribution in [2.75, 3.05) is 17.2 Å². The Morgan fingerprint density at radius 1 is 1.33 bits per heavy atom. The van der Waals surface area contributed by atoms with Crippen molar-refractivity contribution in [3.05, 3.63) is 47.3 Å². The van der Waals surface area contributed by atoms with Crippen molar-refractivity contribution in [1.82, 2.24) is 20.2 Å². The number of aromatic nitrogens is 2. The van der Waals surface area contributed by atoms with Gasteiger partial charge in [0, 0.05) is 36.8 Å². The number of urea groups is 1. The molecule has 2 aliphatic rings. The van der Waals surface area contributed by atoms with E-state index in [0.29, 0.717) is 32.0 Å². The Morgan fingerprint density at radius 2 is 2.22 bits per heavy atom. The van der Waals surface area contributed by atoms with Gasteiger partial charge in [0.2, 0.25) is 5.95 Å². The average molecular weight is 362 g/mol. The van der Waals surface area contributed by atoms with Crippen molar-refractivity contribution in [3.63, 3.8) is 0 Å². The Bertz CT molecular complexity index is 865. The first-order chi connectivity index (χ1) is 13.2. The molecule has 1 unspecified atom stereocenters. The predicted octanol–water partition coefficient (Wildman–Crippen LogP) is 2.32. The topological polar surface area (TPSA) is 82.2 Å². The average Bonchev–Trinajstić information content (AvgIpc) is 3.28. The second kappa shape index (κ2) is 7.54. The van der Waals surface area contributed by atoms with Crippen LogP contribution < -0.4 is 16.0 Å². The highest BCUT2D eigenvalue weighted by Crippen LogP contribution is 2.26. The van der Waals surface area contributed by atoms with E-state index in [0.717, 1.165) is 29.8 Å². The summed E-state index contributed by atoms with van der Waals surface area (Å²) < 4.78 is 0. The van der Waals surface area contributed by atoms with Gasteiger partial charge in [0.05, 0.1) is 18.8 Å². The van der Waals surface area contributed by atoms with Crippen LogP contribution in [-0.2, 0) is 19.5 Å². The number of anilines is 2. The number of benzene rings is 1. The van der Waals surface area contributed by atoms with Crippen LogP contribution >= 0.6 is 0 Å². The number of nitrogens with zero attached hydrogens (tertiary/aromatic N) is 3. The summed E-state index contributed by atoms with van der Waals surface area (Å²) >= 11 is 0. The number of rotatable bonds is 5. The largest absolute Gasteiger partial charge is 0.365 e. The van der Waals surface area contributed by atoms with Crippen LogP contribution in [0, 0.1) is 12.3 Å². The van der Waals surface area contributed by atoms with E-state index in [1.54, 1.807) is 11.1 Å². The minimum Gasteiger partial charge on any atom is -0.365 e. The van der Waals surface area contributed by atoms with Crippen LogP contribution in [0.25, 0.3) is 0 Å². The van der Waals surface area contributed by atoms with Crippen molar-refractivity contribution in [2.45, 2.75) is 38.5 Å². The van der Waals surface area contributed by atoms with Crippen LogP contribution in [0.1, 0.15) is 29.7 Å². The highest BCUT2D eigenvalue weighted by atomic mass is 16.2. The SMILES string of the molecule is C#CCCCNC(=O)N1Cc2cnc(NC3Cc4ccccc4N3)nc2C1. The van der Waals surface area contributed by atoms with Gasteiger partial charge in [-0.25, -0.2) is 14.8 Å². The van der Waals surface area contributed by atoms with Crippen molar-refractivity contribution in [2.24, 2.45) is 0 Å². The standard InChI is InChI=1S/C20H22N6O/c1-2-3-6-9-21-20(27)26-12-15-11-22-19(24-17(15)13-26)25-18-10-14-7-4-5-8-16(14)23-18/h1,4-5,7-8,11,18,23H,3,6,9-10,12-13H2,(H,21,27)(H,22,24,25). The van der Waals surface area contributed by atoms with Crippen LogP contribution in [0.15, 0.2) is 30.5 Å². The Hall–Kier alpha value is -3.27. The molecule has 2 aromatic rings. The van der Waals surface area contributed by atoms with E-state index < -0.39 is 0 Å². The van der Waals surface area contributed by atoms with E-state index in [9.17, 15) is 4.79 Å². The number of hydrogen-bond donors (Lipinski definition) is 3. The lowest BCUT2D eigenvalue weighted by atomic mass is 10.1. The Balaban J connectivity index is 1.34. The van der Waals surface area contributed by atoms with Gasteiger partial charge in [0.1, 0.15) is 6.17 Å². The first kappa shape index (κ1) is 17.2. The Kier molecular flexibility index (Phi) is 4.79. The smallest absolute Gasteiger partial charge is 0.318 e. The van der Waals surface area contributed by atoms with Gasteiger partial charge in [-0.3, -0.25) is 0 Å². The lowest BCUT2D eigenvalue weighted by molar-refractivity contribution is 0.198. The third kappa shape index (κ3) is 3.80. The molecule has 4 rings (SSSR count). The monoisotopic (exact) mass is 362 g/mol. The normalized spacial score (nSPS) is 16.9. The molecule has 2 amide bonds. The molecule has 7 nitrogen and oxygen atoms in total. The van der Waals surface area contributed by atoms with E-state index in [4.69, 9.17) is 6.42 Å². The molecule has 2 aliphatic heterocycles. The van der Waals surface area contributed by atoms with Crippen molar-refractivity contribution < 1.29 is 4.79 Å². The van der Waals surface area contributed by atoms with E-state index in [2.05, 4.69) is 44.0 Å². The number of hydrogen-bond acceptors (Lipinski definition) is 5. The molecule has 0 fully saturated rings. The van der Waals surface area contributed by atoms with E-state index in [1.165, 1.54) is 5.56 Å². The fourth-order valence-corrected chi connectivity index (χ4v) is 3.40. The van der Waals surface area contributed by atoms with E-state index in [1.807, 2.05) is 12.1 Å². The first-order valence-electron chi connectivity index (χ1n) is 9.15. The number of unbranched alkanes of at least 4 members (excludes halogenated alkanes) is 1. The van der Waals surface area contributed by atoms with Crippen LogP contribution in [0.3, 0.4) is 0 Å². The third-order valence-electron chi connectivity index (χ3n) is 4.79. The molecule has 0 radical (unpaired) electrons. The van der Waals surface area contributed by atoms with Gasteiger partial charge in [-0.05, 0) is 18.1 Å². The minimum absolute atomic E-state index is 0.0670. The van der Waals surface area contributed by atoms with Gasteiger partial charge in [-0.15, -0.1) is 12.3 Å². The Morgan fingerprint density at radius 3 is 3.07 bits per heavy atom. The molecule has 1 atom stereocenters. The minimum atomic E-state index is -0.0903. The summed E-state index contributed by atoms with van der Waals surface area (Å²) in [5.74, 6) is 3.15.